The number of carbonyl (C=O) groups is 2. The monoisotopic (exact) mass is 506 g/mol. The normalized spacial score (nSPS) is 14.7. The van der Waals surface area contributed by atoms with E-state index in [0.717, 1.165) is 23.3 Å². The lowest BCUT2D eigenvalue weighted by Gasteiger charge is -2.22. The maximum atomic E-state index is 13.3. The van der Waals surface area contributed by atoms with Gasteiger partial charge in [0.05, 0.1) is 19.8 Å². The summed E-state index contributed by atoms with van der Waals surface area (Å²) in [6.45, 7) is 0. The van der Waals surface area contributed by atoms with Gasteiger partial charge in [0.2, 0.25) is 5.69 Å². The number of nitrogens with zero attached hydrogens (tertiary/aromatic N) is 1. The lowest BCUT2D eigenvalue weighted by atomic mass is 9.83. The zero-order valence-electron chi connectivity index (χ0n) is 19.7. The average molecular weight is 507 g/mol. The number of hydrogen-bond acceptors (Lipinski definition) is 7. The van der Waals surface area contributed by atoms with Gasteiger partial charge in [0.15, 0.2) is 0 Å². The Labute approximate surface area is 210 Å². The topological polar surface area (TPSA) is 115 Å². The fraction of sp³-hybridized carbons (Fsp3) is 0.231. The number of benzene rings is 2. The van der Waals surface area contributed by atoms with Gasteiger partial charge in [0, 0.05) is 17.0 Å². The van der Waals surface area contributed by atoms with E-state index in [2.05, 4.69) is 22.7 Å². The van der Waals surface area contributed by atoms with Crippen LogP contribution in [0.3, 0.4) is 0 Å². The van der Waals surface area contributed by atoms with Gasteiger partial charge in [-0.15, -0.1) is 11.3 Å². The first-order chi connectivity index (χ1) is 17.5. The van der Waals surface area contributed by atoms with Crippen LogP contribution in [0.25, 0.3) is 5.69 Å². The minimum absolute atomic E-state index is 0.260. The molecule has 0 aliphatic heterocycles. The number of esters is 1. The average Bonchev–Trinajstić information content (AvgIpc) is 3.48. The van der Waals surface area contributed by atoms with Crippen molar-refractivity contribution in [3.8, 4) is 11.4 Å². The maximum Gasteiger partial charge on any atom is 0.441 e. The molecule has 2 aromatic carbocycles. The largest absolute Gasteiger partial charge is 0.497 e. The zero-order valence-corrected chi connectivity index (χ0v) is 20.5. The van der Waals surface area contributed by atoms with E-state index in [-0.39, 0.29) is 5.69 Å². The number of anilines is 1. The second-order valence-electron chi connectivity index (χ2n) is 8.37. The van der Waals surface area contributed by atoms with Gasteiger partial charge in [0.1, 0.15) is 10.8 Å². The van der Waals surface area contributed by atoms with Crippen molar-refractivity contribution in [1.29, 1.82) is 0 Å². The van der Waals surface area contributed by atoms with Gasteiger partial charge < -0.3 is 14.8 Å². The SMILES string of the molecule is COC(=O)c1c(NC(=O)c2c(=O)o[nH][n+]2-c2ccc(OC)cc2)sc2c1CCC(c1ccccc1)C2. The Morgan fingerprint density at radius 1 is 1.11 bits per heavy atom. The van der Waals surface area contributed by atoms with E-state index in [4.69, 9.17) is 14.0 Å². The molecule has 4 aromatic rings. The fourth-order valence-electron chi connectivity index (χ4n) is 4.54. The number of aromatic nitrogens is 2. The molecule has 0 bridgehead atoms. The van der Waals surface area contributed by atoms with Crippen molar-refractivity contribution in [2.24, 2.45) is 0 Å². The van der Waals surface area contributed by atoms with E-state index in [1.165, 1.54) is 28.7 Å². The van der Waals surface area contributed by atoms with Crippen LogP contribution in [0, 0.1) is 0 Å². The smallest absolute Gasteiger partial charge is 0.441 e. The number of methoxy groups -OCH3 is 2. The van der Waals surface area contributed by atoms with E-state index in [0.29, 0.717) is 34.3 Å². The molecule has 1 amide bonds. The molecule has 0 saturated heterocycles. The number of aromatic amines is 1. The summed E-state index contributed by atoms with van der Waals surface area (Å²) in [6, 6.07) is 17.0. The lowest BCUT2D eigenvalue weighted by Crippen LogP contribution is -2.42. The van der Waals surface area contributed by atoms with Gasteiger partial charge in [-0.05, 0) is 58.4 Å². The van der Waals surface area contributed by atoms with Crippen molar-refractivity contribution < 1.29 is 28.3 Å². The predicted molar refractivity (Wildman–Crippen MR) is 132 cm³/mol. The van der Waals surface area contributed by atoms with Crippen LogP contribution in [0.15, 0.2) is 63.9 Å². The van der Waals surface area contributed by atoms with Crippen molar-refractivity contribution in [3.05, 3.63) is 92.3 Å². The summed E-state index contributed by atoms with van der Waals surface area (Å²) in [5.74, 6) is -0.286. The van der Waals surface area contributed by atoms with E-state index < -0.39 is 17.5 Å². The number of H-pyrrole nitrogens is 1. The number of nitrogens with one attached hydrogen (secondary N) is 2. The summed E-state index contributed by atoms with van der Waals surface area (Å²) in [5.41, 5.74) is 1.87. The molecule has 1 unspecified atom stereocenters. The Kier molecular flexibility index (Phi) is 6.43. The maximum absolute atomic E-state index is 13.3. The second kappa shape index (κ2) is 9.82. The van der Waals surface area contributed by atoms with Crippen molar-refractivity contribution in [3.63, 3.8) is 0 Å². The van der Waals surface area contributed by atoms with Gasteiger partial charge in [-0.1, -0.05) is 30.3 Å². The standard InChI is InChI=1S/C26H23N3O6S/c1-33-18-11-9-17(10-12-18)29-22(26(32)35-28-29)23(30)27-24-21(25(31)34-2)19-13-8-16(14-20(19)36-24)15-6-4-3-5-7-15/h3-7,9-12,16H,8,13-14H2,1-2H3,(H-,27,28,30,31,32)/p+1. The number of amides is 1. The summed E-state index contributed by atoms with van der Waals surface area (Å²) >= 11 is 1.34. The fourth-order valence-corrected chi connectivity index (χ4v) is 5.85. The van der Waals surface area contributed by atoms with Gasteiger partial charge >= 0.3 is 23.2 Å². The Morgan fingerprint density at radius 2 is 1.86 bits per heavy atom. The lowest BCUT2D eigenvalue weighted by molar-refractivity contribution is -0.672. The molecule has 1 aliphatic rings. The molecule has 5 rings (SSSR count). The third-order valence-electron chi connectivity index (χ3n) is 6.35. The molecule has 2 heterocycles. The molecule has 36 heavy (non-hydrogen) atoms. The number of hydrogen-bond donors (Lipinski definition) is 2. The predicted octanol–water partition coefficient (Wildman–Crippen LogP) is 3.63. The summed E-state index contributed by atoms with van der Waals surface area (Å²) in [7, 11) is 2.86. The van der Waals surface area contributed by atoms with Crippen LogP contribution >= 0.6 is 11.3 Å². The number of carbonyl (C=O) groups excluding carboxylic acids is 2. The Bertz CT molecular complexity index is 1470. The number of ether oxygens (including phenoxy) is 2. The molecule has 0 saturated carbocycles. The van der Waals surface area contributed by atoms with E-state index >= 15 is 0 Å². The Hall–Kier alpha value is -4.18. The molecule has 9 nitrogen and oxygen atoms in total. The van der Waals surface area contributed by atoms with E-state index in [9.17, 15) is 14.4 Å². The summed E-state index contributed by atoms with van der Waals surface area (Å²) in [4.78, 5) is 39.5. The molecule has 1 atom stereocenters. The molecular formula is C26H24N3O6S+. The molecule has 1 aliphatic carbocycles. The third-order valence-corrected chi connectivity index (χ3v) is 7.51. The highest BCUT2D eigenvalue weighted by molar-refractivity contribution is 7.17. The highest BCUT2D eigenvalue weighted by Gasteiger charge is 2.35. The molecule has 0 radical (unpaired) electrons. The van der Waals surface area contributed by atoms with Gasteiger partial charge in [-0.3, -0.25) is 9.32 Å². The van der Waals surface area contributed by atoms with Gasteiger partial charge in [0.25, 0.3) is 0 Å². The number of rotatable bonds is 6. The summed E-state index contributed by atoms with van der Waals surface area (Å²) in [6.07, 6.45) is 2.32. The van der Waals surface area contributed by atoms with Gasteiger partial charge in [-0.2, -0.15) is 0 Å². The van der Waals surface area contributed by atoms with Crippen LogP contribution in [0.4, 0.5) is 5.00 Å². The third kappa shape index (κ3) is 4.31. The van der Waals surface area contributed by atoms with Crippen LogP contribution in [0.1, 0.15) is 49.2 Å². The van der Waals surface area contributed by atoms with Crippen molar-refractivity contribution in [2.75, 3.05) is 19.5 Å². The molecule has 184 valence electrons. The minimum Gasteiger partial charge on any atom is -0.497 e. The van der Waals surface area contributed by atoms with Crippen LogP contribution in [0.2, 0.25) is 0 Å². The quantitative estimate of drug-likeness (QED) is 0.305. The molecule has 2 N–H and O–H groups in total. The molecule has 2 aromatic heterocycles. The highest BCUT2D eigenvalue weighted by Crippen LogP contribution is 2.42. The first-order valence-corrected chi connectivity index (χ1v) is 12.2. The molecule has 0 spiro atoms. The van der Waals surface area contributed by atoms with Crippen LogP contribution in [-0.2, 0) is 17.6 Å². The zero-order chi connectivity index (χ0) is 25.2. The first kappa shape index (κ1) is 23.6. The number of fused-ring (bicyclic) bond motifs is 1. The van der Waals surface area contributed by atoms with E-state index in [1.54, 1.807) is 31.4 Å². The minimum atomic E-state index is -0.839. The van der Waals surface area contributed by atoms with Crippen LogP contribution in [-0.4, -0.2) is 31.4 Å². The van der Waals surface area contributed by atoms with Crippen molar-refractivity contribution in [1.82, 2.24) is 5.27 Å². The number of thiophene rings is 1. The van der Waals surface area contributed by atoms with Crippen LogP contribution < -0.4 is 20.4 Å². The Balaban J connectivity index is 1.47. The summed E-state index contributed by atoms with van der Waals surface area (Å²) < 4.78 is 16.4. The molecular weight excluding hydrogens is 482 g/mol. The van der Waals surface area contributed by atoms with Crippen LogP contribution in [0.5, 0.6) is 5.75 Å². The molecule has 10 heteroatoms. The van der Waals surface area contributed by atoms with Crippen molar-refractivity contribution >= 4 is 28.2 Å². The van der Waals surface area contributed by atoms with E-state index in [1.807, 2.05) is 18.2 Å². The first-order valence-electron chi connectivity index (χ1n) is 11.4. The van der Waals surface area contributed by atoms with Crippen molar-refractivity contribution in [2.45, 2.75) is 25.2 Å². The second-order valence-corrected chi connectivity index (χ2v) is 9.47. The highest BCUT2D eigenvalue weighted by atomic mass is 32.1. The molecule has 0 fully saturated rings. The Morgan fingerprint density at radius 3 is 2.56 bits per heavy atom. The summed E-state index contributed by atoms with van der Waals surface area (Å²) in [5, 5.41) is 5.58. The van der Waals surface area contributed by atoms with Gasteiger partial charge in [-0.25, -0.2) is 9.59 Å².